The smallest absolute Gasteiger partial charge is 0.300 e. The third-order valence-electron chi connectivity index (χ3n) is 6.62. The summed E-state index contributed by atoms with van der Waals surface area (Å²) in [7, 11) is 0. The zero-order valence-corrected chi connectivity index (χ0v) is 20.0. The van der Waals surface area contributed by atoms with Crippen LogP contribution >= 0.6 is 0 Å². The lowest BCUT2D eigenvalue weighted by Crippen LogP contribution is -2.29. The van der Waals surface area contributed by atoms with Crippen LogP contribution in [0.15, 0.2) is 103 Å². The van der Waals surface area contributed by atoms with Crippen LogP contribution < -0.4 is 4.90 Å². The van der Waals surface area contributed by atoms with Crippen molar-refractivity contribution < 1.29 is 14.7 Å². The molecule has 0 aromatic heterocycles. The van der Waals surface area contributed by atoms with E-state index in [9.17, 15) is 14.7 Å². The lowest BCUT2D eigenvalue weighted by atomic mass is 9.85. The number of para-hydroxylation sites is 1. The topological polar surface area (TPSA) is 57.6 Å². The Kier molecular flexibility index (Phi) is 5.52. The molecular weight excluding hydrogens is 434 g/mol. The number of anilines is 1. The molecule has 4 heteroatoms. The Balaban J connectivity index is 1.75. The van der Waals surface area contributed by atoms with E-state index in [0.29, 0.717) is 11.3 Å². The van der Waals surface area contributed by atoms with E-state index in [2.05, 4.69) is 20.8 Å². The summed E-state index contributed by atoms with van der Waals surface area (Å²) < 4.78 is 0. The number of fused-ring (bicyclic) bond motifs is 1. The predicted molar refractivity (Wildman–Crippen MR) is 140 cm³/mol. The fourth-order valence-corrected chi connectivity index (χ4v) is 4.75. The third kappa shape index (κ3) is 3.91. The van der Waals surface area contributed by atoms with Crippen LogP contribution in [0.25, 0.3) is 16.5 Å². The Morgan fingerprint density at radius 2 is 1.40 bits per heavy atom. The van der Waals surface area contributed by atoms with Crippen LogP contribution in [-0.2, 0) is 15.0 Å². The van der Waals surface area contributed by atoms with E-state index in [4.69, 9.17) is 0 Å². The van der Waals surface area contributed by atoms with Crippen molar-refractivity contribution in [3.63, 3.8) is 0 Å². The molecule has 1 N–H and O–H groups in total. The van der Waals surface area contributed by atoms with Crippen molar-refractivity contribution in [2.75, 3.05) is 4.90 Å². The number of amides is 1. The van der Waals surface area contributed by atoms with Gasteiger partial charge in [0.05, 0.1) is 11.6 Å². The van der Waals surface area contributed by atoms with E-state index in [0.717, 1.165) is 21.9 Å². The maximum Gasteiger partial charge on any atom is 0.300 e. The lowest BCUT2D eigenvalue weighted by molar-refractivity contribution is -0.132. The number of nitrogens with zero attached hydrogens (tertiary/aromatic N) is 1. The van der Waals surface area contributed by atoms with Crippen molar-refractivity contribution in [3.8, 4) is 0 Å². The zero-order valence-electron chi connectivity index (χ0n) is 20.0. The highest BCUT2D eigenvalue weighted by atomic mass is 16.3. The van der Waals surface area contributed by atoms with Crippen molar-refractivity contribution in [1.29, 1.82) is 0 Å². The highest BCUT2D eigenvalue weighted by Gasteiger charge is 2.47. The first-order valence-electron chi connectivity index (χ1n) is 11.7. The second-order valence-electron chi connectivity index (χ2n) is 9.90. The van der Waals surface area contributed by atoms with E-state index < -0.39 is 17.7 Å². The first-order valence-corrected chi connectivity index (χ1v) is 11.7. The monoisotopic (exact) mass is 461 g/mol. The van der Waals surface area contributed by atoms with E-state index in [1.165, 1.54) is 4.90 Å². The molecule has 4 aromatic carbocycles. The Morgan fingerprint density at radius 1 is 0.771 bits per heavy atom. The Morgan fingerprint density at radius 3 is 2.09 bits per heavy atom. The molecule has 174 valence electrons. The van der Waals surface area contributed by atoms with Gasteiger partial charge in [0.25, 0.3) is 11.7 Å². The minimum atomic E-state index is -0.745. The fraction of sp³-hybridized carbons (Fsp3) is 0.161. The predicted octanol–water partition coefficient (Wildman–Crippen LogP) is 6.76. The number of carbonyl (C=O) groups is 2. The Bertz CT molecular complexity index is 1460. The molecule has 1 saturated heterocycles. The molecule has 4 nitrogen and oxygen atoms in total. The highest BCUT2D eigenvalue weighted by Crippen LogP contribution is 2.43. The van der Waals surface area contributed by atoms with Crippen LogP contribution in [0.4, 0.5) is 5.69 Å². The molecule has 1 amide bonds. The molecule has 1 aliphatic heterocycles. The van der Waals surface area contributed by atoms with Gasteiger partial charge in [0.1, 0.15) is 5.76 Å². The van der Waals surface area contributed by atoms with Crippen LogP contribution in [0.3, 0.4) is 0 Å². The zero-order chi connectivity index (χ0) is 24.7. The number of aliphatic hydroxyl groups excluding tert-OH is 1. The van der Waals surface area contributed by atoms with Crippen molar-refractivity contribution in [1.82, 2.24) is 0 Å². The van der Waals surface area contributed by atoms with Gasteiger partial charge >= 0.3 is 0 Å². The number of hydrogen-bond acceptors (Lipinski definition) is 3. The van der Waals surface area contributed by atoms with Crippen LogP contribution in [-0.4, -0.2) is 16.8 Å². The summed E-state index contributed by atoms with van der Waals surface area (Å²) in [5, 5.41) is 13.3. The summed E-state index contributed by atoms with van der Waals surface area (Å²) in [5.74, 6) is -1.50. The third-order valence-corrected chi connectivity index (χ3v) is 6.62. The number of ketones is 1. The average Bonchev–Trinajstić information content (AvgIpc) is 3.13. The van der Waals surface area contributed by atoms with Gasteiger partial charge in [-0.1, -0.05) is 106 Å². The summed E-state index contributed by atoms with van der Waals surface area (Å²) in [6, 6.07) is 29.6. The first kappa shape index (κ1) is 22.6. The Hall–Kier alpha value is -4.18. The molecular formula is C31H27NO3. The minimum absolute atomic E-state index is 0.0390. The van der Waals surface area contributed by atoms with Gasteiger partial charge in [0.15, 0.2) is 0 Å². The van der Waals surface area contributed by atoms with Gasteiger partial charge in [-0.25, -0.2) is 0 Å². The molecule has 35 heavy (non-hydrogen) atoms. The molecule has 1 unspecified atom stereocenters. The van der Waals surface area contributed by atoms with Gasteiger partial charge in [0, 0.05) is 11.3 Å². The Labute approximate surface area is 205 Å². The van der Waals surface area contributed by atoms with Crippen molar-refractivity contribution in [2.45, 2.75) is 32.2 Å². The molecule has 0 radical (unpaired) electrons. The minimum Gasteiger partial charge on any atom is -0.507 e. The largest absolute Gasteiger partial charge is 0.507 e. The molecule has 5 rings (SSSR count). The van der Waals surface area contributed by atoms with Gasteiger partial charge in [-0.05, 0) is 39.4 Å². The number of aliphatic hydroxyl groups is 1. The van der Waals surface area contributed by atoms with E-state index in [1.807, 2.05) is 78.9 Å². The number of Topliss-reactive ketones (excluding diaryl/α,β-unsaturated/α-hetero) is 1. The van der Waals surface area contributed by atoms with Gasteiger partial charge in [-0.2, -0.15) is 0 Å². The standard InChI is InChI=1S/C31H27NO3/c1-31(2,3)22-18-16-21(17-19-22)27-26(29(34)30(35)32(27)23-12-5-4-6-13-23)28(33)25-15-9-11-20-10-7-8-14-24(20)25/h4-19,27,33H,1-3H3/b28-26-. The molecule has 0 bridgehead atoms. The van der Waals surface area contributed by atoms with Crippen molar-refractivity contribution in [2.24, 2.45) is 0 Å². The first-order chi connectivity index (χ1) is 16.8. The molecule has 0 spiro atoms. The van der Waals surface area contributed by atoms with E-state index in [-0.39, 0.29) is 16.7 Å². The molecule has 0 saturated carbocycles. The maximum absolute atomic E-state index is 13.4. The summed E-state index contributed by atoms with van der Waals surface area (Å²) in [6.45, 7) is 6.41. The quantitative estimate of drug-likeness (QED) is 0.208. The number of carbonyl (C=O) groups excluding carboxylic acids is 2. The molecule has 1 fully saturated rings. The fourth-order valence-electron chi connectivity index (χ4n) is 4.75. The second-order valence-corrected chi connectivity index (χ2v) is 9.90. The molecule has 0 aliphatic carbocycles. The summed E-state index contributed by atoms with van der Waals surface area (Å²) in [6.07, 6.45) is 0. The van der Waals surface area contributed by atoms with Crippen LogP contribution in [0.5, 0.6) is 0 Å². The lowest BCUT2D eigenvalue weighted by Gasteiger charge is -2.26. The molecule has 1 aliphatic rings. The average molecular weight is 462 g/mol. The van der Waals surface area contributed by atoms with Crippen LogP contribution in [0.2, 0.25) is 0 Å². The molecule has 4 aromatic rings. The number of hydrogen-bond donors (Lipinski definition) is 1. The van der Waals surface area contributed by atoms with Gasteiger partial charge in [-0.3, -0.25) is 14.5 Å². The molecule has 1 atom stereocenters. The SMILES string of the molecule is CC(C)(C)c1ccc(C2/C(=C(/O)c3cccc4ccccc34)C(=O)C(=O)N2c2ccccc2)cc1. The molecule has 1 heterocycles. The number of rotatable bonds is 3. The van der Waals surface area contributed by atoms with Crippen LogP contribution in [0, 0.1) is 0 Å². The summed E-state index contributed by atoms with van der Waals surface area (Å²) in [5.41, 5.74) is 3.11. The second kappa shape index (κ2) is 8.55. The van der Waals surface area contributed by atoms with Crippen molar-refractivity contribution >= 4 is 33.9 Å². The summed E-state index contributed by atoms with van der Waals surface area (Å²) in [4.78, 5) is 28.3. The highest BCUT2D eigenvalue weighted by molar-refractivity contribution is 6.51. The van der Waals surface area contributed by atoms with Gasteiger partial charge < -0.3 is 5.11 Å². The van der Waals surface area contributed by atoms with Gasteiger partial charge in [-0.15, -0.1) is 0 Å². The number of benzene rings is 4. The summed E-state index contributed by atoms with van der Waals surface area (Å²) >= 11 is 0. The van der Waals surface area contributed by atoms with Crippen molar-refractivity contribution in [3.05, 3.63) is 119 Å². The van der Waals surface area contributed by atoms with E-state index >= 15 is 0 Å². The van der Waals surface area contributed by atoms with E-state index in [1.54, 1.807) is 18.2 Å². The van der Waals surface area contributed by atoms with Crippen LogP contribution in [0.1, 0.15) is 43.5 Å². The normalized spacial score (nSPS) is 17.8. The van der Waals surface area contributed by atoms with Gasteiger partial charge in [0.2, 0.25) is 0 Å². The maximum atomic E-state index is 13.4.